The molecular weight excluding hydrogens is 352 g/mol. The summed E-state index contributed by atoms with van der Waals surface area (Å²) < 4.78 is 2.36. The monoisotopic (exact) mass is 380 g/mol. The van der Waals surface area contributed by atoms with Crippen LogP contribution >= 0.6 is 0 Å². The van der Waals surface area contributed by atoms with Gasteiger partial charge in [-0.05, 0) is 60.3 Å². The predicted molar refractivity (Wildman–Crippen MR) is 120 cm³/mol. The van der Waals surface area contributed by atoms with Crippen LogP contribution in [-0.4, -0.2) is 9.55 Å². The molecule has 6 rings (SSSR count). The quantitative estimate of drug-likeness (QED) is 0.548. The fourth-order valence-corrected chi connectivity index (χ4v) is 6.80. The normalized spacial score (nSPS) is 37.7. The number of benzene rings is 1. The highest BCUT2D eigenvalue weighted by Crippen LogP contribution is 2.64. The van der Waals surface area contributed by atoms with E-state index in [1.807, 2.05) is 6.33 Å². The molecule has 1 aromatic carbocycles. The molecular formula is C27H28N2. The molecule has 4 aliphatic carbocycles. The van der Waals surface area contributed by atoms with Crippen molar-refractivity contribution in [2.45, 2.75) is 33.1 Å². The van der Waals surface area contributed by atoms with E-state index in [9.17, 15) is 0 Å². The van der Waals surface area contributed by atoms with E-state index in [-0.39, 0.29) is 10.8 Å². The SMILES string of the molecule is C=C1C=C[C@@]2(C)C(=C1)C=CC1C2CC[C@]2(C)C(n3cnc4ccccc43)=CCC12. The Morgan fingerprint density at radius 2 is 2.00 bits per heavy atom. The molecule has 0 aliphatic heterocycles. The number of para-hydroxylation sites is 2. The van der Waals surface area contributed by atoms with Gasteiger partial charge in [-0.15, -0.1) is 0 Å². The largest absolute Gasteiger partial charge is 0.302 e. The van der Waals surface area contributed by atoms with Crippen molar-refractivity contribution < 1.29 is 0 Å². The van der Waals surface area contributed by atoms with E-state index in [2.05, 4.69) is 90.7 Å². The lowest BCUT2D eigenvalue weighted by molar-refractivity contribution is 0.0463. The average Bonchev–Trinajstić information content (AvgIpc) is 3.29. The number of allylic oxidation sites excluding steroid dienone is 9. The Morgan fingerprint density at radius 1 is 1.14 bits per heavy atom. The number of imidazole rings is 1. The zero-order valence-corrected chi connectivity index (χ0v) is 17.3. The summed E-state index contributed by atoms with van der Waals surface area (Å²) in [5, 5.41) is 0. The van der Waals surface area contributed by atoms with Crippen LogP contribution in [-0.2, 0) is 0 Å². The topological polar surface area (TPSA) is 17.8 Å². The second kappa shape index (κ2) is 5.72. The third kappa shape index (κ3) is 2.20. The summed E-state index contributed by atoms with van der Waals surface area (Å²) in [4.78, 5) is 4.67. The zero-order chi connectivity index (χ0) is 19.8. The van der Waals surface area contributed by atoms with Crippen LogP contribution < -0.4 is 0 Å². The van der Waals surface area contributed by atoms with Crippen molar-refractivity contribution in [2.75, 3.05) is 0 Å². The van der Waals surface area contributed by atoms with Gasteiger partial charge in [-0.3, -0.25) is 0 Å². The lowest BCUT2D eigenvalue weighted by atomic mass is 9.50. The molecule has 0 N–H and O–H groups in total. The third-order valence-corrected chi connectivity index (χ3v) is 8.46. The first kappa shape index (κ1) is 17.3. The van der Waals surface area contributed by atoms with Crippen LogP contribution in [0, 0.1) is 28.6 Å². The average molecular weight is 381 g/mol. The molecule has 146 valence electrons. The Labute approximate surface area is 173 Å². The molecule has 0 radical (unpaired) electrons. The molecule has 0 saturated heterocycles. The van der Waals surface area contributed by atoms with Crippen molar-refractivity contribution in [1.82, 2.24) is 9.55 Å². The second-order valence-corrected chi connectivity index (χ2v) is 9.82. The smallest absolute Gasteiger partial charge is 0.100 e. The maximum atomic E-state index is 4.67. The number of hydrogen-bond acceptors (Lipinski definition) is 1. The van der Waals surface area contributed by atoms with Gasteiger partial charge < -0.3 is 4.57 Å². The molecule has 1 heterocycles. The van der Waals surface area contributed by atoms with Gasteiger partial charge in [0.25, 0.3) is 0 Å². The summed E-state index contributed by atoms with van der Waals surface area (Å²) in [7, 11) is 0. The number of aromatic nitrogens is 2. The standard InChI is InChI=1S/C27H28N2/c1-18-12-14-26(2)19(16-18)8-9-20-21-10-11-25(27(21,3)15-13-22(20)26)29-17-28-23-6-4-5-7-24(23)29/h4-9,11-12,14,16-17,20-22H,1,10,13,15H2,2-3H3/t20?,21?,22?,26-,27-/m0/s1. The van der Waals surface area contributed by atoms with Crippen LogP contribution in [0.25, 0.3) is 16.7 Å². The summed E-state index contributed by atoms with van der Waals surface area (Å²) in [6.07, 6.45) is 20.1. The summed E-state index contributed by atoms with van der Waals surface area (Å²) in [5.41, 5.74) is 6.69. The summed E-state index contributed by atoms with van der Waals surface area (Å²) in [6, 6.07) is 8.50. The van der Waals surface area contributed by atoms with Crippen molar-refractivity contribution in [3.05, 3.63) is 84.8 Å². The van der Waals surface area contributed by atoms with Gasteiger partial charge in [0.1, 0.15) is 6.33 Å². The minimum absolute atomic E-state index is 0.145. The first-order valence-corrected chi connectivity index (χ1v) is 10.9. The molecule has 1 aromatic heterocycles. The van der Waals surface area contributed by atoms with E-state index in [0.29, 0.717) is 17.8 Å². The fraction of sp³-hybridized carbons (Fsp3) is 0.370. The fourth-order valence-electron chi connectivity index (χ4n) is 6.80. The van der Waals surface area contributed by atoms with E-state index >= 15 is 0 Å². The van der Waals surface area contributed by atoms with E-state index in [0.717, 1.165) is 17.5 Å². The molecule has 1 saturated carbocycles. The Bertz CT molecular complexity index is 1160. The molecule has 5 atom stereocenters. The van der Waals surface area contributed by atoms with E-state index in [4.69, 9.17) is 0 Å². The maximum Gasteiger partial charge on any atom is 0.100 e. The third-order valence-electron chi connectivity index (χ3n) is 8.46. The molecule has 0 bridgehead atoms. The first-order valence-electron chi connectivity index (χ1n) is 10.9. The van der Waals surface area contributed by atoms with E-state index < -0.39 is 0 Å². The highest BCUT2D eigenvalue weighted by molar-refractivity contribution is 5.80. The van der Waals surface area contributed by atoms with Gasteiger partial charge >= 0.3 is 0 Å². The summed E-state index contributed by atoms with van der Waals surface area (Å²) in [5.74, 6) is 1.95. The van der Waals surface area contributed by atoms with Crippen molar-refractivity contribution in [1.29, 1.82) is 0 Å². The first-order chi connectivity index (χ1) is 14.0. The van der Waals surface area contributed by atoms with Crippen molar-refractivity contribution >= 4 is 16.7 Å². The van der Waals surface area contributed by atoms with Gasteiger partial charge in [0, 0.05) is 16.5 Å². The minimum Gasteiger partial charge on any atom is -0.302 e. The van der Waals surface area contributed by atoms with Crippen LogP contribution in [0.2, 0.25) is 0 Å². The molecule has 4 aliphatic rings. The number of rotatable bonds is 1. The molecule has 0 amide bonds. The second-order valence-electron chi connectivity index (χ2n) is 9.82. The Morgan fingerprint density at radius 3 is 2.90 bits per heavy atom. The molecule has 0 spiro atoms. The Kier molecular flexibility index (Phi) is 3.40. The Hall–Kier alpha value is -2.61. The van der Waals surface area contributed by atoms with Crippen LogP contribution in [0.3, 0.4) is 0 Å². The van der Waals surface area contributed by atoms with Crippen molar-refractivity contribution in [3.8, 4) is 0 Å². The van der Waals surface area contributed by atoms with Crippen LogP contribution in [0.1, 0.15) is 33.1 Å². The van der Waals surface area contributed by atoms with Crippen molar-refractivity contribution in [3.63, 3.8) is 0 Å². The molecule has 2 nitrogen and oxygen atoms in total. The minimum atomic E-state index is 0.145. The Balaban J connectivity index is 1.41. The number of nitrogens with zero attached hydrogens (tertiary/aromatic N) is 2. The lowest BCUT2D eigenvalue weighted by Gasteiger charge is -2.54. The highest BCUT2D eigenvalue weighted by Gasteiger charge is 2.55. The lowest BCUT2D eigenvalue weighted by Crippen LogP contribution is -2.47. The molecule has 2 aromatic rings. The van der Waals surface area contributed by atoms with Gasteiger partial charge in [0.15, 0.2) is 0 Å². The summed E-state index contributed by atoms with van der Waals surface area (Å²) in [6.45, 7) is 9.10. The molecule has 1 fully saturated rings. The predicted octanol–water partition coefficient (Wildman–Crippen LogP) is 6.56. The van der Waals surface area contributed by atoms with Crippen LogP contribution in [0.15, 0.2) is 84.8 Å². The number of fused-ring (bicyclic) bond motifs is 6. The van der Waals surface area contributed by atoms with Crippen molar-refractivity contribution in [2.24, 2.45) is 28.6 Å². The number of hydrogen-bond donors (Lipinski definition) is 0. The van der Waals surface area contributed by atoms with Gasteiger partial charge in [0.2, 0.25) is 0 Å². The highest BCUT2D eigenvalue weighted by atomic mass is 15.1. The van der Waals surface area contributed by atoms with Crippen LogP contribution in [0.5, 0.6) is 0 Å². The van der Waals surface area contributed by atoms with Gasteiger partial charge in [-0.2, -0.15) is 0 Å². The zero-order valence-electron chi connectivity index (χ0n) is 17.3. The van der Waals surface area contributed by atoms with Gasteiger partial charge in [-0.1, -0.05) is 69.0 Å². The molecule has 2 heteroatoms. The van der Waals surface area contributed by atoms with E-state index in [1.165, 1.54) is 29.6 Å². The molecule has 3 unspecified atom stereocenters. The van der Waals surface area contributed by atoms with Gasteiger partial charge in [0.05, 0.1) is 11.0 Å². The van der Waals surface area contributed by atoms with E-state index in [1.54, 1.807) is 0 Å². The summed E-state index contributed by atoms with van der Waals surface area (Å²) >= 11 is 0. The van der Waals surface area contributed by atoms with Crippen LogP contribution in [0.4, 0.5) is 0 Å². The molecule has 29 heavy (non-hydrogen) atoms. The maximum absolute atomic E-state index is 4.67. The van der Waals surface area contributed by atoms with Gasteiger partial charge in [-0.25, -0.2) is 4.98 Å².